The Hall–Kier alpha value is -2.37. The minimum atomic E-state index is -0.283. The van der Waals surface area contributed by atoms with Crippen LogP contribution in [0.5, 0.6) is 5.75 Å². The van der Waals surface area contributed by atoms with Crippen molar-refractivity contribution in [3.63, 3.8) is 0 Å². The van der Waals surface area contributed by atoms with Gasteiger partial charge in [0.1, 0.15) is 16.7 Å². The largest absolute Gasteiger partial charge is 0.468 e. The van der Waals surface area contributed by atoms with Gasteiger partial charge in [0.05, 0.1) is 0 Å². The third kappa shape index (κ3) is 5.20. The molecule has 1 amide bonds. The number of pyridine rings is 1. The van der Waals surface area contributed by atoms with Crippen molar-refractivity contribution in [3.8, 4) is 5.75 Å². The van der Waals surface area contributed by atoms with Crippen molar-refractivity contribution >= 4 is 29.4 Å². The van der Waals surface area contributed by atoms with Gasteiger partial charge in [0.2, 0.25) is 5.91 Å². The van der Waals surface area contributed by atoms with E-state index >= 15 is 0 Å². The maximum atomic E-state index is 11.8. The highest BCUT2D eigenvalue weighted by atomic mass is 35.5. The fraction of sp³-hybridized carbons (Fsp3) is 0.125. The summed E-state index contributed by atoms with van der Waals surface area (Å²) in [6.07, 6.45) is 3.12. The molecule has 2 rings (SSSR count). The molecule has 5 nitrogen and oxygen atoms in total. The number of hydrogen-bond acceptors (Lipinski definition) is 4. The molecule has 0 unspecified atom stereocenters. The second-order valence-electron chi connectivity index (χ2n) is 4.29. The lowest BCUT2D eigenvalue weighted by molar-refractivity contribution is -0.111. The Labute approximate surface area is 133 Å². The number of anilines is 1. The van der Waals surface area contributed by atoms with Crippen LogP contribution in [0.1, 0.15) is 5.56 Å². The van der Waals surface area contributed by atoms with E-state index in [1.54, 1.807) is 43.5 Å². The molecule has 0 saturated heterocycles. The summed E-state index contributed by atoms with van der Waals surface area (Å²) in [6.45, 7) is 0.199. The quantitative estimate of drug-likeness (QED) is 0.504. The van der Waals surface area contributed by atoms with Gasteiger partial charge in [-0.15, -0.1) is 0 Å². The van der Waals surface area contributed by atoms with Crippen LogP contribution in [0.4, 0.5) is 5.82 Å². The third-order valence-electron chi connectivity index (χ3n) is 2.62. The Bertz CT molecular complexity index is 657. The molecule has 1 N–H and O–H groups in total. The average Bonchev–Trinajstić information content (AvgIpc) is 2.52. The molecular formula is C16H15ClN2O3. The summed E-state index contributed by atoms with van der Waals surface area (Å²) in [5.74, 6) is 0.825. The molecule has 0 aliphatic rings. The van der Waals surface area contributed by atoms with Crippen LogP contribution in [0.25, 0.3) is 6.08 Å². The number of benzene rings is 1. The molecule has 0 aliphatic carbocycles. The van der Waals surface area contributed by atoms with Gasteiger partial charge in [0.15, 0.2) is 6.79 Å². The van der Waals surface area contributed by atoms with Gasteiger partial charge in [0, 0.05) is 13.2 Å². The SMILES string of the molecule is COCOc1ccc(/C=C/C(=O)Nc2cccc(Cl)n2)cc1. The summed E-state index contributed by atoms with van der Waals surface area (Å²) in [5, 5.41) is 2.96. The number of hydrogen-bond donors (Lipinski definition) is 1. The molecule has 1 aromatic heterocycles. The van der Waals surface area contributed by atoms with Crippen molar-refractivity contribution in [2.45, 2.75) is 0 Å². The zero-order valence-electron chi connectivity index (χ0n) is 12.0. The summed E-state index contributed by atoms with van der Waals surface area (Å²) >= 11 is 5.75. The van der Waals surface area contributed by atoms with E-state index in [-0.39, 0.29) is 12.7 Å². The first-order valence-electron chi connectivity index (χ1n) is 6.51. The standard InChI is InChI=1S/C16H15ClN2O3/c1-21-11-22-13-8-5-12(6-9-13)7-10-16(20)19-15-4-2-3-14(17)18-15/h2-10H,11H2,1H3,(H,18,19,20)/b10-7+. The van der Waals surface area contributed by atoms with Crippen molar-refractivity contribution in [2.24, 2.45) is 0 Å². The molecule has 22 heavy (non-hydrogen) atoms. The molecule has 0 aliphatic heterocycles. The number of carbonyl (C=O) groups excluding carboxylic acids is 1. The van der Waals surface area contributed by atoms with E-state index in [1.807, 2.05) is 12.1 Å². The Morgan fingerprint density at radius 2 is 2.05 bits per heavy atom. The Morgan fingerprint density at radius 3 is 2.73 bits per heavy atom. The van der Waals surface area contributed by atoms with Crippen molar-refractivity contribution in [1.29, 1.82) is 0 Å². The highest BCUT2D eigenvalue weighted by molar-refractivity contribution is 6.29. The molecule has 0 bridgehead atoms. The number of methoxy groups -OCH3 is 1. The first-order valence-corrected chi connectivity index (χ1v) is 6.88. The normalized spacial score (nSPS) is 10.6. The molecule has 0 radical (unpaired) electrons. The smallest absolute Gasteiger partial charge is 0.249 e. The topological polar surface area (TPSA) is 60.5 Å². The fourth-order valence-corrected chi connectivity index (χ4v) is 1.78. The van der Waals surface area contributed by atoms with E-state index in [0.717, 1.165) is 5.56 Å². The van der Waals surface area contributed by atoms with E-state index in [2.05, 4.69) is 10.3 Å². The number of nitrogens with one attached hydrogen (secondary N) is 1. The van der Waals surface area contributed by atoms with E-state index < -0.39 is 0 Å². The van der Waals surface area contributed by atoms with Crippen molar-refractivity contribution in [1.82, 2.24) is 4.98 Å². The zero-order valence-corrected chi connectivity index (χ0v) is 12.7. The summed E-state index contributed by atoms with van der Waals surface area (Å²) in [7, 11) is 1.56. The number of aromatic nitrogens is 1. The van der Waals surface area contributed by atoms with Crippen molar-refractivity contribution in [3.05, 3.63) is 59.3 Å². The number of ether oxygens (including phenoxy) is 2. The van der Waals surface area contributed by atoms with E-state index in [9.17, 15) is 4.79 Å². The zero-order chi connectivity index (χ0) is 15.8. The van der Waals surface area contributed by atoms with Gasteiger partial charge in [-0.2, -0.15) is 0 Å². The minimum absolute atomic E-state index is 0.199. The summed E-state index contributed by atoms with van der Waals surface area (Å²) in [4.78, 5) is 15.8. The number of halogens is 1. The van der Waals surface area contributed by atoms with Gasteiger partial charge >= 0.3 is 0 Å². The minimum Gasteiger partial charge on any atom is -0.468 e. The maximum absolute atomic E-state index is 11.8. The lowest BCUT2D eigenvalue weighted by Crippen LogP contribution is -2.08. The van der Waals surface area contributed by atoms with Crippen molar-refractivity contribution in [2.75, 3.05) is 19.2 Å². The average molecular weight is 319 g/mol. The summed E-state index contributed by atoms with van der Waals surface area (Å²) in [5.41, 5.74) is 0.874. The lowest BCUT2D eigenvalue weighted by atomic mass is 10.2. The molecule has 1 heterocycles. The first-order chi connectivity index (χ1) is 10.7. The van der Waals surface area contributed by atoms with Crippen LogP contribution >= 0.6 is 11.6 Å². The third-order valence-corrected chi connectivity index (χ3v) is 2.83. The molecule has 2 aromatic rings. The van der Waals surface area contributed by atoms with Crippen LogP contribution in [0.3, 0.4) is 0 Å². The predicted octanol–water partition coefficient (Wildman–Crippen LogP) is 3.37. The Kier molecular flexibility index (Phi) is 5.94. The van der Waals surface area contributed by atoms with Gasteiger partial charge < -0.3 is 14.8 Å². The second-order valence-corrected chi connectivity index (χ2v) is 4.68. The Morgan fingerprint density at radius 1 is 1.27 bits per heavy atom. The van der Waals surface area contributed by atoms with Gasteiger partial charge in [-0.05, 0) is 35.9 Å². The monoisotopic (exact) mass is 318 g/mol. The van der Waals surface area contributed by atoms with Crippen LogP contribution in [0, 0.1) is 0 Å². The number of rotatable bonds is 6. The number of amides is 1. The van der Waals surface area contributed by atoms with Gasteiger partial charge in [0.25, 0.3) is 0 Å². The molecule has 0 saturated carbocycles. The van der Waals surface area contributed by atoms with Gasteiger partial charge in [-0.1, -0.05) is 29.8 Å². The first kappa shape index (κ1) is 16.0. The maximum Gasteiger partial charge on any atom is 0.249 e. The van der Waals surface area contributed by atoms with E-state index in [0.29, 0.717) is 16.7 Å². The van der Waals surface area contributed by atoms with Crippen LogP contribution in [-0.2, 0) is 9.53 Å². The van der Waals surface area contributed by atoms with E-state index in [4.69, 9.17) is 21.1 Å². The fourth-order valence-electron chi connectivity index (χ4n) is 1.62. The second kappa shape index (κ2) is 8.17. The number of carbonyl (C=O) groups is 1. The van der Waals surface area contributed by atoms with Crippen molar-refractivity contribution < 1.29 is 14.3 Å². The molecule has 0 spiro atoms. The molecule has 0 fully saturated rings. The van der Waals surface area contributed by atoms with Gasteiger partial charge in [-0.25, -0.2) is 4.98 Å². The lowest BCUT2D eigenvalue weighted by Gasteiger charge is -2.04. The number of nitrogens with zero attached hydrogens (tertiary/aromatic N) is 1. The van der Waals surface area contributed by atoms with Crippen LogP contribution < -0.4 is 10.1 Å². The summed E-state index contributed by atoms with van der Waals surface area (Å²) in [6, 6.07) is 12.3. The molecule has 114 valence electrons. The molecule has 1 aromatic carbocycles. The molecule has 0 atom stereocenters. The summed E-state index contributed by atoms with van der Waals surface area (Å²) < 4.78 is 10.1. The highest BCUT2D eigenvalue weighted by Gasteiger charge is 2.00. The van der Waals surface area contributed by atoms with Crippen LogP contribution in [-0.4, -0.2) is 24.8 Å². The molecule has 6 heteroatoms. The van der Waals surface area contributed by atoms with E-state index in [1.165, 1.54) is 6.08 Å². The van der Waals surface area contributed by atoms with Crippen LogP contribution in [0.2, 0.25) is 5.15 Å². The molecular weight excluding hydrogens is 304 g/mol. The Balaban J connectivity index is 1.92. The highest BCUT2D eigenvalue weighted by Crippen LogP contribution is 2.13. The van der Waals surface area contributed by atoms with Crippen LogP contribution in [0.15, 0.2) is 48.5 Å². The predicted molar refractivity (Wildman–Crippen MR) is 85.9 cm³/mol. The van der Waals surface area contributed by atoms with Gasteiger partial charge in [-0.3, -0.25) is 4.79 Å².